The minimum absolute atomic E-state index is 0.108. The number of carbonyl (C=O) groups excluding carboxylic acids is 4. The van der Waals surface area contributed by atoms with Gasteiger partial charge in [0, 0.05) is 12.3 Å². The van der Waals surface area contributed by atoms with Crippen molar-refractivity contribution in [2.45, 2.75) is 45.1 Å². The van der Waals surface area contributed by atoms with Gasteiger partial charge in [-0.1, -0.05) is 66.7 Å². The highest BCUT2D eigenvalue weighted by Crippen LogP contribution is 2.44. The molecule has 2 aliphatic rings. The van der Waals surface area contributed by atoms with Crippen molar-refractivity contribution in [3.63, 3.8) is 0 Å². The summed E-state index contributed by atoms with van der Waals surface area (Å²) in [7, 11) is 1.25. The van der Waals surface area contributed by atoms with E-state index >= 15 is 0 Å². The fourth-order valence-corrected chi connectivity index (χ4v) is 6.12. The molecule has 0 aliphatic heterocycles. The number of carbonyl (C=O) groups is 4. The van der Waals surface area contributed by atoms with Crippen LogP contribution in [0.25, 0.3) is 11.1 Å². The number of esters is 3. The van der Waals surface area contributed by atoms with Crippen LogP contribution in [0.2, 0.25) is 0 Å². The minimum Gasteiger partial charge on any atom is -0.467 e. The Kier molecular flexibility index (Phi) is 8.80. The van der Waals surface area contributed by atoms with Crippen LogP contribution in [0.3, 0.4) is 0 Å². The molecule has 3 aromatic rings. The summed E-state index contributed by atoms with van der Waals surface area (Å²) in [4.78, 5) is 51.5. The van der Waals surface area contributed by atoms with Gasteiger partial charge in [-0.15, -0.1) is 0 Å². The van der Waals surface area contributed by atoms with Crippen molar-refractivity contribution in [1.29, 1.82) is 0 Å². The Morgan fingerprint density at radius 3 is 1.98 bits per heavy atom. The Hall–Kier alpha value is -4.66. The summed E-state index contributed by atoms with van der Waals surface area (Å²) in [5.41, 5.74) is 5.27. The van der Waals surface area contributed by atoms with Crippen molar-refractivity contribution < 1.29 is 38.1 Å². The largest absolute Gasteiger partial charge is 0.467 e. The van der Waals surface area contributed by atoms with Crippen LogP contribution in [0.4, 0.5) is 4.79 Å². The van der Waals surface area contributed by atoms with Crippen molar-refractivity contribution in [3.05, 3.63) is 94.5 Å². The van der Waals surface area contributed by atoms with Crippen molar-refractivity contribution in [2.24, 2.45) is 5.41 Å². The number of hydrogen-bond donors (Lipinski definition) is 1. The van der Waals surface area contributed by atoms with Gasteiger partial charge < -0.3 is 24.3 Å². The fourth-order valence-electron chi connectivity index (χ4n) is 6.12. The fraction of sp³-hybridized carbons (Fsp3) is 0.353. The second-order valence-corrected chi connectivity index (χ2v) is 10.7. The second kappa shape index (κ2) is 12.7. The minimum atomic E-state index is -1.45. The predicted octanol–water partition coefficient (Wildman–Crippen LogP) is 4.52. The maximum absolute atomic E-state index is 12.9. The second-order valence-electron chi connectivity index (χ2n) is 10.7. The standard InChI is InChI=1S/C34H35NO8/c1-4-41-31(37)34(32(38)42-5-2)18-22-15-14-21(16-23(22)19-34)17-29(30(36)40-3)35-33(39)43-20-28-26-12-8-6-10-24(26)25-11-7-9-13-27(25)28/h6-16,28-29H,4-5,17-20H2,1-3H3,(H,35,39)/t29-/m1/s1. The predicted molar refractivity (Wildman–Crippen MR) is 157 cm³/mol. The van der Waals surface area contributed by atoms with E-state index in [2.05, 4.69) is 17.4 Å². The summed E-state index contributed by atoms with van der Waals surface area (Å²) in [5, 5.41) is 2.66. The Morgan fingerprint density at radius 1 is 0.814 bits per heavy atom. The van der Waals surface area contributed by atoms with Gasteiger partial charge in [0.2, 0.25) is 0 Å². The number of fused-ring (bicyclic) bond motifs is 4. The molecular weight excluding hydrogens is 550 g/mol. The lowest BCUT2D eigenvalue weighted by atomic mass is 9.84. The van der Waals surface area contributed by atoms with Crippen LogP contribution >= 0.6 is 0 Å². The molecule has 0 unspecified atom stereocenters. The number of methoxy groups -OCH3 is 1. The van der Waals surface area contributed by atoms with Gasteiger partial charge in [0.25, 0.3) is 0 Å². The number of rotatable bonds is 10. The van der Waals surface area contributed by atoms with E-state index in [1.165, 1.54) is 7.11 Å². The Bertz CT molecular complexity index is 1480. The normalized spacial score (nSPS) is 15.0. The van der Waals surface area contributed by atoms with Crippen LogP contribution in [0.1, 0.15) is 47.6 Å². The first kappa shape index (κ1) is 29.8. The molecule has 9 heteroatoms. The monoisotopic (exact) mass is 585 g/mol. The number of hydrogen-bond acceptors (Lipinski definition) is 8. The van der Waals surface area contributed by atoms with E-state index in [1.54, 1.807) is 19.9 Å². The van der Waals surface area contributed by atoms with E-state index in [4.69, 9.17) is 18.9 Å². The quantitative estimate of drug-likeness (QED) is 0.210. The van der Waals surface area contributed by atoms with Gasteiger partial charge >= 0.3 is 24.0 Å². The van der Waals surface area contributed by atoms with Crippen molar-refractivity contribution >= 4 is 24.0 Å². The number of ether oxygens (including phenoxy) is 4. The number of alkyl carbamates (subject to hydrolysis) is 1. The van der Waals surface area contributed by atoms with Crippen LogP contribution < -0.4 is 5.32 Å². The molecule has 0 bridgehead atoms. The summed E-state index contributed by atoms with van der Waals surface area (Å²) < 4.78 is 21.1. The lowest BCUT2D eigenvalue weighted by molar-refractivity contribution is -0.171. The highest BCUT2D eigenvalue weighted by atomic mass is 16.6. The maximum atomic E-state index is 12.9. The molecule has 0 saturated heterocycles. The van der Waals surface area contributed by atoms with Gasteiger partial charge in [-0.2, -0.15) is 0 Å². The molecule has 3 aromatic carbocycles. The molecule has 1 N–H and O–H groups in total. The molecule has 0 spiro atoms. The Balaban J connectivity index is 1.28. The van der Waals surface area contributed by atoms with Crippen molar-refractivity contribution in [3.8, 4) is 11.1 Å². The molecule has 224 valence electrons. The van der Waals surface area contributed by atoms with Crippen molar-refractivity contribution in [2.75, 3.05) is 26.9 Å². The lowest BCUT2D eigenvalue weighted by Crippen LogP contribution is -2.43. The molecule has 43 heavy (non-hydrogen) atoms. The van der Waals surface area contributed by atoms with E-state index in [-0.39, 0.29) is 45.0 Å². The maximum Gasteiger partial charge on any atom is 0.407 e. The van der Waals surface area contributed by atoms with Crippen LogP contribution in [0, 0.1) is 5.41 Å². The number of nitrogens with one attached hydrogen (secondary N) is 1. The molecule has 0 radical (unpaired) electrons. The van der Waals surface area contributed by atoms with Crippen LogP contribution in [-0.2, 0) is 52.6 Å². The first-order chi connectivity index (χ1) is 20.8. The van der Waals surface area contributed by atoms with E-state index in [0.717, 1.165) is 38.9 Å². The van der Waals surface area contributed by atoms with Gasteiger partial charge in [-0.05, 0) is 65.6 Å². The van der Waals surface area contributed by atoms with Crippen molar-refractivity contribution in [1.82, 2.24) is 5.32 Å². The molecule has 2 aliphatic carbocycles. The molecule has 0 aromatic heterocycles. The van der Waals surface area contributed by atoms with Gasteiger partial charge in [0.1, 0.15) is 12.6 Å². The topological polar surface area (TPSA) is 117 Å². The van der Waals surface area contributed by atoms with E-state index in [9.17, 15) is 19.2 Å². The van der Waals surface area contributed by atoms with E-state index in [0.29, 0.717) is 0 Å². The highest BCUT2D eigenvalue weighted by molar-refractivity contribution is 6.01. The van der Waals surface area contributed by atoms with Crippen LogP contribution in [0.5, 0.6) is 0 Å². The molecule has 0 saturated carbocycles. The zero-order valence-corrected chi connectivity index (χ0v) is 24.5. The molecule has 1 amide bonds. The van der Waals surface area contributed by atoms with Gasteiger partial charge in [0.05, 0.1) is 20.3 Å². The smallest absolute Gasteiger partial charge is 0.407 e. The zero-order valence-electron chi connectivity index (χ0n) is 24.5. The summed E-state index contributed by atoms with van der Waals surface area (Å²) >= 11 is 0. The number of amides is 1. The third-order valence-corrected chi connectivity index (χ3v) is 8.15. The summed E-state index contributed by atoms with van der Waals surface area (Å²) in [6, 6.07) is 20.5. The summed E-state index contributed by atoms with van der Waals surface area (Å²) in [5.74, 6) is -1.97. The molecule has 0 fully saturated rings. The van der Waals surface area contributed by atoms with Gasteiger partial charge in [-0.25, -0.2) is 9.59 Å². The summed E-state index contributed by atoms with van der Waals surface area (Å²) in [6.45, 7) is 3.77. The molecule has 0 heterocycles. The Labute approximate surface area is 250 Å². The first-order valence-corrected chi connectivity index (χ1v) is 14.5. The summed E-state index contributed by atoms with van der Waals surface area (Å²) in [6.07, 6.45) is -0.326. The first-order valence-electron chi connectivity index (χ1n) is 14.5. The van der Waals surface area contributed by atoms with Crippen LogP contribution in [0.15, 0.2) is 66.7 Å². The molecular formula is C34H35NO8. The third kappa shape index (κ3) is 5.84. The SMILES string of the molecule is CCOC(=O)C1(C(=O)OCC)Cc2ccc(C[C@@H](NC(=O)OCC3c4ccccc4-c4ccccc43)C(=O)OC)cc2C1. The Morgan fingerprint density at radius 2 is 1.40 bits per heavy atom. The van der Waals surface area contributed by atoms with Gasteiger partial charge in [-0.3, -0.25) is 9.59 Å². The highest BCUT2D eigenvalue weighted by Gasteiger charge is 2.53. The molecule has 1 atom stereocenters. The van der Waals surface area contributed by atoms with E-state index < -0.39 is 35.5 Å². The molecule has 9 nitrogen and oxygen atoms in total. The average molecular weight is 586 g/mol. The van der Waals surface area contributed by atoms with Crippen LogP contribution in [-0.4, -0.2) is 57.0 Å². The third-order valence-electron chi connectivity index (χ3n) is 8.15. The zero-order chi connectivity index (χ0) is 30.6. The van der Waals surface area contributed by atoms with E-state index in [1.807, 2.05) is 48.5 Å². The molecule has 5 rings (SSSR count). The lowest BCUT2D eigenvalue weighted by Gasteiger charge is -2.24. The van der Waals surface area contributed by atoms with Gasteiger partial charge in [0.15, 0.2) is 5.41 Å². The average Bonchev–Trinajstić information content (AvgIpc) is 3.56. The number of benzene rings is 3.